The molecule has 3 aromatic heterocycles. The number of nitrogens with zero attached hydrogens (tertiary/aromatic N) is 4. The maximum atomic E-state index is 6.13. The summed E-state index contributed by atoms with van der Waals surface area (Å²) >= 11 is 7.63. The number of aryl methyl sites for hydroxylation is 2. The molecule has 0 radical (unpaired) electrons. The summed E-state index contributed by atoms with van der Waals surface area (Å²) in [5, 5.41) is 3.54. The summed E-state index contributed by atoms with van der Waals surface area (Å²) in [6.45, 7) is 4.17. The molecule has 2 unspecified atom stereocenters. The van der Waals surface area contributed by atoms with Crippen LogP contribution in [0, 0.1) is 13.8 Å². The number of aromatic nitrogens is 4. The van der Waals surface area contributed by atoms with Gasteiger partial charge >= 0.3 is 0 Å². The first-order valence-corrected chi connectivity index (χ1v) is 10.8. The summed E-state index contributed by atoms with van der Waals surface area (Å²) in [5.41, 5.74) is 7.12. The van der Waals surface area contributed by atoms with Gasteiger partial charge in [0, 0.05) is 34.8 Å². The van der Waals surface area contributed by atoms with E-state index in [1.165, 1.54) is 40.2 Å². The monoisotopic (exact) mass is 408 g/mol. The van der Waals surface area contributed by atoms with Crippen LogP contribution in [-0.4, -0.2) is 18.9 Å². The van der Waals surface area contributed by atoms with Crippen LogP contribution in [0.1, 0.15) is 48.0 Å². The fraction of sp³-hybridized carbons (Fsp3) is 0.318. The topological polar surface area (TPSA) is 43.6 Å². The van der Waals surface area contributed by atoms with Gasteiger partial charge in [-0.15, -0.1) is 0 Å². The molecule has 142 valence electrons. The van der Waals surface area contributed by atoms with Gasteiger partial charge in [0.2, 0.25) is 5.28 Å². The third-order valence-corrected chi connectivity index (χ3v) is 6.63. The summed E-state index contributed by atoms with van der Waals surface area (Å²) in [5.74, 6) is 0.561. The quantitative estimate of drug-likeness (QED) is 0.372. The Morgan fingerprint density at radius 2 is 2.00 bits per heavy atom. The van der Waals surface area contributed by atoms with Crippen LogP contribution < -0.4 is 0 Å². The van der Waals surface area contributed by atoms with E-state index in [1.807, 2.05) is 13.1 Å². The zero-order chi connectivity index (χ0) is 19.3. The fourth-order valence-corrected chi connectivity index (χ4v) is 5.27. The molecule has 5 rings (SSSR count). The average molecular weight is 409 g/mol. The van der Waals surface area contributed by atoms with E-state index >= 15 is 0 Å². The third kappa shape index (κ3) is 3.12. The molecule has 3 heterocycles. The molecule has 2 atom stereocenters. The number of benzene rings is 1. The second-order valence-corrected chi connectivity index (χ2v) is 8.74. The minimum atomic E-state index is 0.326. The summed E-state index contributed by atoms with van der Waals surface area (Å²) < 4.78 is 6.56. The highest BCUT2D eigenvalue weighted by molar-refractivity contribution is 7.03. The van der Waals surface area contributed by atoms with Crippen LogP contribution in [0.25, 0.3) is 22.2 Å². The van der Waals surface area contributed by atoms with E-state index in [0.717, 1.165) is 29.6 Å². The Morgan fingerprint density at radius 1 is 1.11 bits per heavy atom. The van der Waals surface area contributed by atoms with Gasteiger partial charge in [0.15, 0.2) is 0 Å². The van der Waals surface area contributed by atoms with E-state index in [1.54, 1.807) is 0 Å². The Bertz CT molecular complexity index is 1150. The lowest BCUT2D eigenvalue weighted by atomic mass is 9.92. The molecule has 0 saturated heterocycles. The van der Waals surface area contributed by atoms with Crippen molar-refractivity contribution in [3.63, 3.8) is 0 Å². The van der Waals surface area contributed by atoms with E-state index in [0.29, 0.717) is 17.2 Å². The molecule has 1 aromatic carbocycles. The van der Waals surface area contributed by atoms with Crippen molar-refractivity contribution < 1.29 is 0 Å². The molecule has 0 aliphatic heterocycles. The van der Waals surface area contributed by atoms with Crippen molar-refractivity contribution in [3.05, 3.63) is 64.1 Å². The SMILES string of the molecule is Cc1cc(-c2cnsc2)cc(C2CCC(n3ccc4c(C)nc(Cl)nc43)C2)c1. The molecule has 6 heteroatoms. The predicted molar refractivity (Wildman–Crippen MR) is 115 cm³/mol. The van der Waals surface area contributed by atoms with Crippen molar-refractivity contribution >= 4 is 34.2 Å². The maximum Gasteiger partial charge on any atom is 0.224 e. The van der Waals surface area contributed by atoms with Gasteiger partial charge in [-0.3, -0.25) is 0 Å². The van der Waals surface area contributed by atoms with Crippen LogP contribution in [0.4, 0.5) is 0 Å². The van der Waals surface area contributed by atoms with Gasteiger partial charge in [0.05, 0.1) is 5.69 Å². The first-order chi connectivity index (χ1) is 13.6. The van der Waals surface area contributed by atoms with Crippen LogP contribution in [0.2, 0.25) is 5.28 Å². The van der Waals surface area contributed by atoms with E-state index < -0.39 is 0 Å². The van der Waals surface area contributed by atoms with Crippen LogP contribution in [-0.2, 0) is 0 Å². The zero-order valence-electron chi connectivity index (χ0n) is 15.9. The first-order valence-electron chi connectivity index (χ1n) is 9.60. The van der Waals surface area contributed by atoms with Crippen molar-refractivity contribution in [2.45, 2.75) is 45.1 Å². The lowest BCUT2D eigenvalue weighted by molar-refractivity contribution is 0.523. The van der Waals surface area contributed by atoms with E-state index in [2.05, 4.69) is 61.7 Å². The zero-order valence-corrected chi connectivity index (χ0v) is 17.5. The summed E-state index contributed by atoms with van der Waals surface area (Å²) in [4.78, 5) is 8.80. The normalized spacial score (nSPS) is 19.5. The molecular weight excluding hydrogens is 388 g/mol. The van der Waals surface area contributed by atoms with Crippen molar-refractivity contribution in [3.8, 4) is 11.1 Å². The molecule has 28 heavy (non-hydrogen) atoms. The molecule has 1 fully saturated rings. The van der Waals surface area contributed by atoms with Gasteiger partial charge in [-0.1, -0.05) is 23.8 Å². The van der Waals surface area contributed by atoms with Crippen LogP contribution in [0.5, 0.6) is 0 Å². The van der Waals surface area contributed by atoms with Crippen molar-refractivity contribution in [1.82, 2.24) is 18.9 Å². The summed E-state index contributed by atoms with van der Waals surface area (Å²) in [6.07, 6.45) is 7.56. The van der Waals surface area contributed by atoms with Crippen LogP contribution in [0.15, 0.2) is 42.0 Å². The van der Waals surface area contributed by atoms with Crippen molar-refractivity contribution in [2.24, 2.45) is 0 Å². The lowest BCUT2D eigenvalue weighted by Crippen LogP contribution is -2.06. The number of hydrogen-bond acceptors (Lipinski definition) is 4. The highest BCUT2D eigenvalue weighted by Gasteiger charge is 2.28. The number of halogens is 1. The molecule has 1 saturated carbocycles. The Kier molecular flexibility index (Phi) is 4.44. The number of rotatable bonds is 3. The number of fused-ring (bicyclic) bond motifs is 1. The molecule has 0 bridgehead atoms. The van der Waals surface area contributed by atoms with Crippen molar-refractivity contribution in [1.29, 1.82) is 0 Å². The molecule has 4 aromatic rings. The number of hydrogen-bond donors (Lipinski definition) is 0. The highest BCUT2D eigenvalue weighted by Crippen LogP contribution is 2.43. The summed E-state index contributed by atoms with van der Waals surface area (Å²) in [6, 6.07) is 9.50. The smallest absolute Gasteiger partial charge is 0.224 e. The maximum absolute atomic E-state index is 6.13. The molecule has 0 spiro atoms. The highest BCUT2D eigenvalue weighted by atomic mass is 35.5. The molecular formula is C22H21ClN4S. The Morgan fingerprint density at radius 3 is 2.82 bits per heavy atom. The van der Waals surface area contributed by atoms with Gasteiger partial charge in [0.1, 0.15) is 5.65 Å². The summed E-state index contributed by atoms with van der Waals surface area (Å²) in [7, 11) is 0. The fourth-order valence-electron chi connectivity index (χ4n) is 4.52. The van der Waals surface area contributed by atoms with Gasteiger partial charge in [-0.25, -0.2) is 9.36 Å². The first kappa shape index (κ1) is 17.8. The molecule has 4 nitrogen and oxygen atoms in total. The molecule has 0 amide bonds. The average Bonchev–Trinajstić information content (AvgIpc) is 3.41. The third-order valence-electron chi connectivity index (χ3n) is 5.87. The molecule has 0 N–H and O–H groups in total. The van der Waals surface area contributed by atoms with E-state index in [-0.39, 0.29) is 0 Å². The second kappa shape index (κ2) is 6.98. The van der Waals surface area contributed by atoms with E-state index in [4.69, 9.17) is 11.6 Å². The van der Waals surface area contributed by atoms with Crippen LogP contribution in [0.3, 0.4) is 0 Å². The Labute approximate surface area is 173 Å². The van der Waals surface area contributed by atoms with Gasteiger partial charge in [-0.05, 0) is 79.4 Å². The minimum Gasteiger partial charge on any atom is -0.329 e. The Hall–Kier alpha value is -2.24. The molecule has 1 aliphatic rings. The standard InChI is InChI=1S/C22H21ClN4S/c1-13-7-16(9-17(8-13)18-11-24-28-12-18)15-3-4-19(10-15)27-6-5-20-14(2)25-22(23)26-21(20)27/h5-9,11-12,15,19H,3-4,10H2,1-2H3. The Balaban J connectivity index is 1.46. The van der Waals surface area contributed by atoms with Crippen molar-refractivity contribution in [2.75, 3.05) is 0 Å². The molecule has 1 aliphatic carbocycles. The predicted octanol–water partition coefficient (Wildman–Crippen LogP) is 6.33. The largest absolute Gasteiger partial charge is 0.329 e. The van der Waals surface area contributed by atoms with Gasteiger partial charge in [0.25, 0.3) is 0 Å². The van der Waals surface area contributed by atoms with Crippen LogP contribution >= 0.6 is 23.1 Å². The van der Waals surface area contributed by atoms with Gasteiger partial charge in [-0.2, -0.15) is 4.98 Å². The second-order valence-electron chi connectivity index (χ2n) is 7.75. The van der Waals surface area contributed by atoms with Gasteiger partial charge < -0.3 is 4.57 Å². The van der Waals surface area contributed by atoms with E-state index in [9.17, 15) is 0 Å². The lowest BCUT2D eigenvalue weighted by Gasteiger charge is -2.16. The minimum absolute atomic E-state index is 0.326.